The van der Waals surface area contributed by atoms with Crippen molar-refractivity contribution in [2.24, 2.45) is 5.92 Å². The average Bonchev–Trinajstić information content (AvgIpc) is 3.62. The molecule has 1 fully saturated rings. The smallest absolute Gasteiger partial charge is 0.278 e. The second kappa shape index (κ2) is 8.25. The van der Waals surface area contributed by atoms with E-state index < -0.39 is 0 Å². The Balaban J connectivity index is 1.10. The SMILES string of the molecule is O=C(c1ccc(-c2ccc(Cl)cc2)c(=O)[nH]1)n1cc2c(c1)-c1cn(C(=O)C3C=CC4NNN[C@@H]4C3)cc1-2. The standard InChI is InChI=1S/C27H21ClN6O3/c28-16-4-1-14(2-5-16)17-6-8-23(29-25(17)35)27(37)34-12-20-18-10-33(11-19(18)21(20)13-34)26(36)15-3-7-22-24(9-15)31-32-30-22/h1-8,10-13,15,22,24,30-32H,9H2,(H,29,35)/t15?,22?,24-/m1/s1. The minimum atomic E-state index is -0.352. The van der Waals surface area contributed by atoms with Crippen LogP contribution in [0.3, 0.4) is 0 Å². The van der Waals surface area contributed by atoms with E-state index in [1.165, 1.54) is 4.57 Å². The number of benzene rings is 1. The highest BCUT2D eigenvalue weighted by atomic mass is 35.5. The molecule has 184 valence electrons. The molecule has 0 saturated carbocycles. The van der Waals surface area contributed by atoms with Crippen LogP contribution in [0.1, 0.15) is 21.7 Å². The van der Waals surface area contributed by atoms with E-state index in [2.05, 4.69) is 21.4 Å². The first-order chi connectivity index (χ1) is 18.0. The van der Waals surface area contributed by atoms with E-state index in [0.717, 1.165) is 27.8 Å². The number of aromatic amines is 1. The van der Waals surface area contributed by atoms with Crippen LogP contribution in [0.2, 0.25) is 5.02 Å². The van der Waals surface area contributed by atoms with Crippen LogP contribution < -0.4 is 21.9 Å². The van der Waals surface area contributed by atoms with Crippen LogP contribution in [0, 0.1) is 5.92 Å². The average molecular weight is 513 g/mol. The third-order valence-corrected chi connectivity index (χ3v) is 7.58. The predicted molar refractivity (Wildman–Crippen MR) is 139 cm³/mol. The zero-order valence-electron chi connectivity index (χ0n) is 19.4. The van der Waals surface area contributed by atoms with Gasteiger partial charge in [0.1, 0.15) is 5.69 Å². The fourth-order valence-corrected chi connectivity index (χ4v) is 5.45. The van der Waals surface area contributed by atoms with E-state index in [9.17, 15) is 14.4 Å². The second-order valence-corrected chi connectivity index (χ2v) is 9.96. The van der Waals surface area contributed by atoms with E-state index in [0.29, 0.717) is 17.0 Å². The summed E-state index contributed by atoms with van der Waals surface area (Å²) in [5.74, 6) is -0.534. The van der Waals surface area contributed by atoms with Gasteiger partial charge in [-0.3, -0.25) is 23.5 Å². The Hall–Kier alpha value is -4.02. The molecule has 2 aliphatic carbocycles. The molecule has 0 amide bonds. The molecule has 3 aliphatic rings. The van der Waals surface area contributed by atoms with E-state index in [1.54, 1.807) is 53.4 Å². The molecule has 4 N–H and O–H groups in total. The lowest BCUT2D eigenvalue weighted by Crippen LogP contribution is -2.39. The topological polar surface area (TPSA) is 113 Å². The molecule has 4 aromatic rings. The van der Waals surface area contributed by atoms with Gasteiger partial charge in [0.05, 0.1) is 12.0 Å². The Labute approximate surface area is 215 Å². The lowest BCUT2D eigenvalue weighted by atomic mass is 9.88. The summed E-state index contributed by atoms with van der Waals surface area (Å²) in [5.41, 5.74) is 13.9. The number of carbonyl (C=O) groups excluding carboxylic acids is 2. The zero-order valence-corrected chi connectivity index (χ0v) is 20.1. The van der Waals surface area contributed by atoms with Gasteiger partial charge in [-0.2, -0.15) is 5.53 Å². The van der Waals surface area contributed by atoms with Crippen LogP contribution in [-0.4, -0.2) is 38.0 Å². The number of H-pyrrole nitrogens is 1. The molecular weight excluding hydrogens is 492 g/mol. The van der Waals surface area contributed by atoms with Gasteiger partial charge in [0.2, 0.25) is 5.91 Å². The first-order valence-corrected chi connectivity index (χ1v) is 12.3. The van der Waals surface area contributed by atoms with Crippen molar-refractivity contribution in [2.75, 3.05) is 0 Å². The van der Waals surface area contributed by atoms with Gasteiger partial charge in [-0.25, -0.2) is 10.9 Å². The number of carbonyl (C=O) groups is 2. The molecule has 9 nitrogen and oxygen atoms in total. The molecule has 37 heavy (non-hydrogen) atoms. The summed E-state index contributed by atoms with van der Waals surface area (Å²) in [4.78, 5) is 41.6. The van der Waals surface area contributed by atoms with Crippen LogP contribution in [0.4, 0.5) is 0 Å². The lowest BCUT2D eigenvalue weighted by Gasteiger charge is -2.24. The number of hydrogen-bond acceptors (Lipinski definition) is 6. The molecule has 1 aliphatic heterocycles. The number of hydrazine groups is 2. The van der Waals surface area contributed by atoms with E-state index in [4.69, 9.17) is 11.6 Å². The van der Waals surface area contributed by atoms with Gasteiger partial charge in [0, 0.05) is 63.7 Å². The number of halogens is 1. The van der Waals surface area contributed by atoms with E-state index in [1.807, 2.05) is 24.5 Å². The summed E-state index contributed by atoms with van der Waals surface area (Å²) >= 11 is 5.94. The highest BCUT2D eigenvalue weighted by Gasteiger charge is 2.35. The van der Waals surface area contributed by atoms with Gasteiger partial charge in [0.25, 0.3) is 11.5 Å². The highest BCUT2D eigenvalue weighted by molar-refractivity contribution is 6.30. The second-order valence-electron chi connectivity index (χ2n) is 9.52. The summed E-state index contributed by atoms with van der Waals surface area (Å²) < 4.78 is 3.12. The highest BCUT2D eigenvalue weighted by Crippen LogP contribution is 2.48. The van der Waals surface area contributed by atoms with Gasteiger partial charge in [-0.05, 0) is 36.2 Å². The number of aromatic nitrogens is 3. The Morgan fingerprint density at radius 2 is 1.49 bits per heavy atom. The van der Waals surface area contributed by atoms with Crippen LogP contribution in [0.25, 0.3) is 33.4 Å². The normalized spacial score (nSPS) is 21.2. The Morgan fingerprint density at radius 1 is 0.811 bits per heavy atom. The number of nitrogens with zero attached hydrogens (tertiary/aromatic N) is 2. The Morgan fingerprint density at radius 3 is 2.16 bits per heavy atom. The van der Waals surface area contributed by atoms with Crippen molar-refractivity contribution < 1.29 is 9.59 Å². The molecule has 3 aromatic heterocycles. The maximum atomic E-state index is 13.1. The number of allylic oxidation sites excluding steroid dienone is 1. The summed E-state index contributed by atoms with van der Waals surface area (Å²) in [6, 6.07) is 10.5. The van der Waals surface area contributed by atoms with E-state index in [-0.39, 0.29) is 41.1 Å². The number of fused-ring (bicyclic) bond motifs is 5. The minimum Gasteiger partial charge on any atom is -0.317 e. The number of nitrogens with one attached hydrogen (secondary N) is 4. The fraction of sp³-hybridized carbons (Fsp3) is 0.148. The van der Waals surface area contributed by atoms with Crippen LogP contribution in [-0.2, 0) is 0 Å². The minimum absolute atomic E-state index is 0.0170. The largest absolute Gasteiger partial charge is 0.317 e. The Bertz CT molecular complexity index is 1640. The maximum Gasteiger partial charge on any atom is 0.278 e. The van der Waals surface area contributed by atoms with Crippen molar-refractivity contribution in [1.29, 1.82) is 0 Å². The van der Waals surface area contributed by atoms with Crippen LogP contribution in [0.15, 0.2) is 78.1 Å². The first-order valence-electron chi connectivity index (χ1n) is 11.9. The third kappa shape index (κ3) is 3.55. The summed E-state index contributed by atoms with van der Waals surface area (Å²) in [6.07, 6.45) is 11.8. The summed E-state index contributed by atoms with van der Waals surface area (Å²) in [6.45, 7) is 0. The van der Waals surface area contributed by atoms with Crippen molar-refractivity contribution in [3.63, 3.8) is 0 Å². The number of rotatable bonds is 3. The molecule has 4 heterocycles. The molecule has 7 rings (SSSR count). The van der Waals surface area contributed by atoms with Crippen molar-refractivity contribution in [3.8, 4) is 33.4 Å². The van der Waals surface area contributed by atoms with Gasteiger partial charge in [-0.1, -0.05) is 35.9 Å². The van der Waals surface area contributed by atoms with Crippen molar-refractivity contribution >= 4 is 23.4 Å². The van der Waals surface area contributed by atoms with Crippen molar-refractivity contribution in [2.45, 2.75) is 18.5 Å². The van der Waals surface area contributed by atoms with E-state index >= 15 is 0 Å². The van der Waals surface area contributed by atoms with Gasteiger partial charge < -0.3 is 4.98 Å². The summed E-state index contributed by atoms with van der Waals surface area (Å²) in [5, 5.41) is 0.583. The van der Waals surface area contributed by atoms with Gasteiger partial charge in [0.15, 0.2) is 0 Å². The lowest BCUT2D eigenvalue weighted by molar-refractivity contribution is 0.0846. The molecule has 10 heteroatoms. The predicted octanol–water partition coefficient (Wildman–Crippen LogP) is 3.20. The zero-order chi connectivity index (χ0) is 25.3. The Kier molecular flexibility index (Phi) is 4.95. The molecule has 1 saturated heterocycles. The fourth-order valence-electron chi connectivity index (χ4n) is 5.32. The molecule has 3 atom stereocenters. The quantitative estimate of drug-likeness (QED) is 0.276. The van der Waals surface area contributed by atoms with Gasteiger partial charge in [-0.15, -0.1) is 0 Å². The van der Waals surface area contributed by atoms with Crippen LogP contribution in [0.5, 0.6) is 0 Å². The third-order valence-electron chi connectivity index (χ3n) is 7.32. The van der Waals surface area contributed by atoms with Crippen LogP contribution >= 0.6 is 11.6 Å². The van der Waals surface area contributed by atoms with Crippen molar-refractivity contribution in [1.82, 2.24) is 30.5 Å². The molecule has 0 bridgehead atoms. The number of hydrogen-bond donors (Lipinski definition) is 4. The molecule has 2 unspecified atom stereocenters. The molecular formula is C27H21ClN6O3. The molecule has 0 radical (unpaired) electrons. The first kappa shape index (κ1) is 22.2. The summed E-state index contributed by atoms with van der Waals surface area (Å²) in [7, 11) is 0. The maximum absolute atomic E-state index is 13.1. The van der Waals surface area contributed by atoms with Gasteiger partial charge >= 0.3 is 0 Å². The monoisotopic (exact) mass is 512 g/mol. The number of pyridine rings is 1. The molecule has 0 spiro atoms. The molecule has 1 aromatic carbocycles. The van der Waals surface area contributed by atoms with Crippen molar-refractivity contribution in [3.05, 3.63) is 94.4 Å².